The van der Waals surface area contributed by atoms with Crippen molar-refractivity contribution in [3.05, 3.63) is 40.4 Å². The molecule has 0 saturated carbocycles. The number of esters is 1. The minimum absolute atomic E-state index is 0.0449. The van der Waals surface area contributed by atoms with Gasteiger partial charge in [0.2, 0.25) is 5.91 Å². The first kappa shape index (κ1) is 23.0. The molecule has 10 heteroatoms. The number of hydrogen-bond acceptors (Lipinski definition) is 6. The Hall–Kier alpha value is -2.65. The smallest absolute Gasteiger partial charge is 0.325 e. The van der Waals surface area contributed by atoms with Crippen LogP contribution in [0, 0.1) is 5.92 Å². The van der Waals surface area contributed by atoms with E-state index in [-0.39, 0.29) is 17.8 Å². The molecular weight excluding hydrogens is 440 g/mol. The number of urea groups is 1. The molecule has 1 fully saturated rings. The normalized spacial score (nSPS) is 14.2. The Morgan fingerprint density at radius 2 is 2.03 bits per heavy atom. The van der Waals surface area contributed by atoms with Gasteiger partial charge < -0.3 is 15.0 Å². The van der Waals surface area contributed by atoms with Crippen molar-refractivity contribution in [3.8, 4) is 0 Å². The lowest BCUT2D eigenvalue weighted by molar-refractivity contribution is -0.151. The summed E-state index contributed by atoms with van der Waals surface area (Å²) in [6.07, 6.45) is 2.10. The maximum atomic E-state index is 12.5. The molecule has 2 N–H and O–H groups in total. The van der Waals surface area contributed by atoms with Crippen LogP contribution in [0.25, 0.3) is 0 Å². The van der Waals surface area contributed by atoms with Gasteiger partial charge in [0.15, 0.2) is 5.13 Å². The van der Waals surface area contributed by atoms with Gasteiger partial charge in [0.25, 0.3) is 0 Å². The van der Waals surface area contributed by atoms with E-state index in [9.17, 15) is 14.4 Å². The number of aromatic nitrogens is 1. The third-order valence-electron chi connectivity index (χ3n) is 4.92. The van der Waals surface area contributed by atoms with Crippen LogP contribution in [0.1, 0.15) is 31.9 Å². The molecule has 3 amide bonds. The number of hydrogen-bond donors (Lipinski definition) is 2. The number of anilines is 2. The molecule has 1 aliphatic rings. The third-order valence-corrected chi connectivity index (χ3v) is 5.96. The molecule has 8 nitrogen and oxygen atoms in total. The number of carbonyl (C=O) groups is 3. The summed E-state index contributed by atoms with van der Waals surface area (Å²) < 4.78 is 5.06. The first-order valence-electron chi connectivity index (χ1n) is 10.2. The van der Waals surface area contributed by atoms with Crippen molar-refractivity contribution in [1.82, 2.24) is 9.88 Å². The molecule has 0 bridgehead atoms. The van der Waals surface area contributed by atoms with Crippen LogP contribution >= 0.6 is 22.9 Å². The van der Waals surface area contributed by atoms with Gasteiger partial charge in [-0.3, -0.25) is 14.9 Å². The van der Waals surface area contributed by atoms with Crippen molar-refractivity contribution in [2.45, 2.75) is 32.6 Å². The van der Waals surface area contributed by atoms with Gasteiger partial charge in [0, 0.05) is 35.6 Å². The van der Waals surface area contributed by atoms with Crippen molar-refractivity contribution >= 4 is 51.7 Å². The highest BCUT2D eigenvalue weighted by atomic mass is 35.5. The molecule has 1 aliphatic heterocycles. The first-order valence-corrected chi connectivity index (χ1v) is 11.4. The van der Waals surface area contributed by atoms with Crippen LogP contribution in [0.2, 0.25) is 5.02 Å². The predicted molar refractivity (Wildman–Crippen MR) is 120 cm³/mol. The van der Waals surface area contributed by atoms with Gasteiger partial charge in [-0.05, 0) is 44.4 Å². The van der Waals surface area contributed by atoms with Crippen molar-refractivity contribution < 1.29 is 19.1 Å². The number of ether oxygens (including phenoxy) is 1. The monoisotopic (exact) mass is 464 g/mol. The van der Waals surface area contributed by atoms with Crippen LogP contribution in [0.4, 0.5) is 15.6 Å². The molecule has 31 heavy (non-hydrogen) atoms. The number of nitrogens with zero attached hydrogens (tertiary/aromatic N) is 2. The van der Waals surface area contributed by atoms with Crippen LogP contribution in [0.15, 0.2) is 29.6 Å². The van der Waals surface area contributed by atoms with Crippen LogP contribution in [0.3, 0.4) is 0 Å². The van der Waals surface area contributed by atoms with Gasteiger partial charge in [0.1, 0.15) is 0 Å². The molecule has 0 aliphatic carbocycles. The Kier molecular flexibility index (Phi) is 8.25. The standard InChI is InChI=1S/C21H25ClN4O4S/c1-2-30-19(28)14-8-10-26(11-9-14)18(27)7-6-17-13-31-21(24-17)25-20(29)23-16-5-3-4-15(22)12-16/h3-5,12-14H,2,6-11H2,1H3,(H2,23,24,25,29). The van der Waals surface area contributed by atoms with Gasteiger partial charge in [-0.25, -0.2) is 9.78 Å². The molecular formula is C21H25ClN4O4S. The van der Waals surface area contributed by atoms with Crippen LogP contribution in [0.5, 0.6) is 0 Å². The SMILES string of the molecule is CCOC(=O)C1CCN(C(=O)CCc2csc(NC(=O)Nc3cccc(Cl)c3)n2)CC1. The van der Waals surface area contributed by atoms with Crippen molar-refractivity contribution in [2.24, 2.45) is 5.92 Å². The summed E-state index contributed by atoms with van der Waals surface area (Å²) in [5.41, 5.74) is 1.33. The summed E-state index contributed by atoms with van der Waals surface area (Å²) in [6, 6.07) is 6.44. The van der Waals surface area contributed by atoms with Crippen LogP contribution < -0.4 is 10.6 Å². The minimum atomic E-state index is -0.413. The molecule has 1 saturated heterocycles. The van der Waals surface area contributed by atoms with Crippen molar-refractivity contribution in [3.63, 3.8) is 0 Å². The molecule has 2 heterocycles. The summed E-state index contributed by atoms with van der Waals surface area (Å²) in [5.74, 6) is -0.241. The average Bonchev–Trinajstić information content (AvgIpc) is 3.19. The zero-order valence-corrected chi connectivity index (χ0v) is 18.8. The van der Waals surface area contributed by atoms with Crippen LogP contribution in [-0.4, -0.2) is 47.5 Å². The highest BCUT2D eigenvalue weighted by molar-refractivity contribution is 7.13. The van der Waals surface area contributed by atoms with E-state index in [2.05, 4.69) is 15.6 Å². The fourth-order valence-corrected chi connectivity index (χ4v) is 4.25. The number of benzene rings is 1. The summed E-state index contributed by atoms with van der Waals surface area (Å²) >= 11 is 7.21. The third kappa shape index (κ3) is 6.93. The van der Waals surface area contributed by atoms with E-state index in [1.165, 1.54) is 11.3 Å². The number of piperidine rings is 1. The van der Waals surface area contributed by atoms with E-state index in [0.717, 1.165) is 5.69 Å². The molecule has 3 rings (SSSR count). The lowest BCUT2D eigenvalue weighted by Crippen LogP contribution is -2.40. The summed E-state index contributed by atoms with van der Waals surface area (Å²) in [7, 11) is 0. The number of rotatable bonds is 7. The van der Waals surface area contributed by atoms with Gasteiger partial charge in [-0.15, -0.1) is 11.3 Å². The largest absolute Gasteiger partial charge is 0.466 e. The Balaban J connectivity index is 1.41. The van der Waals surface area contributed by atoms with Gasteiger partial charge in [-0.1, -0.05) is 17.7 Å². The van der Waals surface area contributed by atoms with E-state index < -0.39 is 6.03 Å². The first-order chi connectivity index (χ1) is 14.9. The van der Waals surface area contributed by atoms with Crippen molar-refractivity contribution in [2.75, 3.05) is 30.3 Å². The Bertz CT molecular complexity index is 928. The second kappa shape index (κ2) is 11.1. The summed E-state index contributed by atoms with van der Waals surface area (Å²) in [6.45, 7) is 3.30. The second-order valence-corrected chi connectivity index (χ2v) is 8.44. The molecule has 0 unspecified atom stereocenters. The zero-order valence-electron chi connectivity index (χ0n) is 17.2. The maximum absolute atomic E-state index is 12.5. The second-order valence-electron chi connectivity index (χ2n) is 7.14. The van der Waals surface area contributed by atoms with E-state index in [1.807, 2.05) is 5.38 Å². The number of carbonyl (C=O) groups excluding carboxylic acids is 3. The van der Waals surface area contributed by atoms with Gasteiger partial charge >= 0.3 is 12.0 Å². The lowest BCUT2D eigenvalue weighted by atomic mass is 9.96. The predicted octanol–water partition coefficient (Wildman–Crippen LogP) is 4.17. The Labute approximate surface area is 189 Å². The van der Waals surface area contributed by atoms with E-state index in [4.69, 9.17) is 16.3 Å². The molecule has 166 valence electrons. The molecule has 0 spiro atoms. The number of nitrogens with one attached hydrogen (secondary N) is 2. The molecule has 2 aromatic rings. The van der Waals surface area contributed by atoms with Crippen LogP contribution in [-0.2, 0) is 20.7 Å². The highest BCUT2D eigenvalue weighted by Crippen LogP contribution is 2.21. The summed E-state index contributed by atoms with van der Waals surface area (Å²) in [5, 5.41) is 8.19. The highest BCUT2D eigenvalue weighted by Gasteiger charge is 2.28. The number of amides is 3. The quantitative estimate of drug-likeness (QED) is 0.599. The number of aryl methyl sites for hydroxylation is 1. The lowest BCUT2D eigenvalue weighted by Gasteiger charge is -2.30. The number of halogens is 1. The fourth-order valence-electron chi connectivity index (χ4n) is 3.32. The van der Waals surface area contributed by atoms with E-state index >= 15 is 0 Å². The van der Waals surface area contributed by atoms with E-state index in [0.29, 0.717) is 61.2 Å². The number of thiazole rings is 1. The fraction of sp³-hybridized carbons (Fsp3) is 0.429. The molecule has 1 aromatic heterocycles. The Morgan fingerprint density at radius 1 is 1.26 bits per heavy atom. The minimum Gasteiger partial charge on any atom is -0.466 e. The van der Waals surface area contributed by atoms with E-state index in [1.54, 1.807) is 36.1 Å². The Morgan fingerprint density at radius 3 is 2.74 bits per heavy atom. The molecule has 1 aromatic carbocycles. The number of likely N-dealkylation sites (tertiary alicyclic amines) is 1. The maximum Gasteiger partial charge on any atom is 0.325 e. The molecule has 0 radical (unpaired) electrons. The average molecular weight is 465 g/mol. The zero-order chi connectivity index (χ0) is 22.2. The van der Waals surface area contributed by atoms with Gasteiger partial charge in [0.05, 0.1) is 18.2 Å². The van der Waals surface area contributed by atoms with Crippen molar-refractivity contribution in [1.29, 1.82) is 0 Å². The topological polar surface area (TPSA) is 101 Å². The van der Waals surface area contributed by atoms with Gasteiger partial charge in [-0.2, -0.15) is 0 Å². The molecule has 0 atom stereocenters. The summed E-state index contributed by atoms with van der Waals surface area (Å²) in [4.78, 5) is 42.6.